The molecule has 0 aliphatic rings. The molecule has 2 heterocycles. The van der Waals surface area contributed by atoms with Gasteiger partial charge in [0.15, 0.2) is 0 Å². The number of rotatable bonds is 5. The molecule has 0 radical (unpaired) electrons. The molecule has 0 aliphatic heterocycles. The van der Waals surface area contributed by atoms with E-state index in [0.717, 1.165) is 30.1 Å². The largest absolute Gasteiger partial charge is 0.369 e. The Labute approximate surface area is 109 Å². The summed E-state index contributed by atoms with van der Waals surface area (Å²) < 4.78 is 0. The highest BCUT2D eigenvalue weighted by Gasteiger charge is 2.01. The summed E-state index contributed by atoms with van der Waals surface area (Å²) in [5.41, 5.74) is 0.937. The lowest BCUT2D eigenvalue weighted by Gasteiger charge is -2.05. The molecule has 2 aromatic rings. The van der Waals surface area contributed by atoms with Crippen molar-refractivity contribution < 1.29 is 0 Å². The van der Waals surface area contributed by atoms with Gasteiger partial charge in [0, 0.05) is 36.5 Å². The van der Waals surface area contributed by atoms with Crippen LogP contribution >= 0.6 is 11.3 Å². The van der Waals surface area contributed by atoms with Gasteiger partial charge in [-0.2, -0.15) is 0 Å². The van der Waals surface area contributed by atoms with Gasteiger partial charge in [0.05, 0.1) is 5.01 Å². The summed E-state index contributed by atoms with van der Waals surface area (Å²) in [5, 5.41) is 6.29. The minimum atomic E-state index is -0.116. The topological polar surface area (TPSA) is 70.7 Å². The van der Waals surface area contributed by atoms with Gasteiger partial charge in [-0.25, -0.2) is 9.97 Å². The van der Waals surface area contributed by atoms with Crippen molar-refractivity contribution in [3.63, 3.8) is 0 Å². The van der Waals surface area contributed by atoms with Crippen molar-refractivity contribution in [1.29, 1.82) is 0 Å². The Morgan fingerprint density at radius 3 is 2.94 bits per heavy atom. The lowest BCUT2D eigenvalue weighted by molar-refractivity contribution is 0.906. The zero-order valence-corrected chi connectivity index (χ0v) is 11.3. The van der Waals surface area contributed by atoms with E-state index in [4.69, 9.17) is 0 Å². The zero-order valence-electron chi connectivity index (χ0n) is 10.5. The molecule has 0 unspecified atom stereocenters. The summed E-state index contributed by atoms with van der Waals surface area (Å²) in [4.78, 5) is 22.7. The summed E-state index contributed by atoms with van der Waals surface area (Å²) in [5.74, 6) is 1.33. The van der Waals surface area contributed by atoms with Crippen LogP contribution in [0.2, 0.25) is 0 Å². The molecule has 5 nitrogen and oxygen atoms in total. The average Bonchev–Trinajstić information content (AvgIpc) is 2.74. The molecule has 0 atom stereocenters. The molecule has 6 heteroatoms. The molecule has 0 aromatic carbocycles. The fourth-order valence-electron chi connectivity index (χ4n) is 1.58. The van der Waals surface area contributed by atoms with Gasteiger partial charge in [-0.1, -0.05) is 6.92 Å². The Morgan fingerprint density at radius 1 is 1.44 bits per heavy atom. The predicted molar refractivity (Wildman–Crippen MR) is 73.3 cm³/mol. The maximum Gasteiger partial charge on any atom is 0.252 e. The van der Waals surface area contributed by atoms with Gasteiger partial charge < -0.3 is 10.3 Å². The van der Waals surface area contributed by atoms with Crippen LogP contribution in [0.5, 0.6) is 0 Å². The van der Waals surface area contributed by atoms with Crippen LogP contribution in [0.15, 0.2) is 16.2 Å². The maximum atomic E-state index is 11.4. The van der Waals surface area contributed by atoms with Gasteiger partial charge >= 0.3 is 0 Å². The number of H-pyrrole nitrogens is 1. The molecule has 0 amide bonds. The fourth-order valence-corrected chi connectivity index (χ4v) is 2.36. The number of aromatic nitrogens is 3. The van der Waals surface area contributed by atoms with E-state index < -0.39 is 0 Å². The van der Waals surface area contributed by atoms with Gasteiger partial charge in [0.25, 0.3) is 5.56 Å². The summed E-state index contributed by atoms with van der Waals surface area (Å²) >= 11 is 1.66. The van der Waals surface area contributed by atoms with Crippen molar-refractivity contribution >= 4 is 17.2 Å². The molecular weight excluding hydrogens is 248 g/mol. The van der Waals surface area contributed by atoms with Crippen molar-refractivity contribution in [2.24, 2.45) is 0 Å². The summed E-state index contributed by atoms with van der Waals surface area (Å²) in [7, 11) is 0. The van der Waals surface area contributed by atoms with Gasteiger partial charge in [-0.15, -0.1) is 11.3 Å². The molecule has 2 N–H and O–H groups in total. The molecule has 18 heavy (non-hydrogen) atoms. The molecule has 2 rings (SSSR count). The van der Waals surface area contributed by atoms with Crippen molar-refractivity contribution in [1.82, 2.24) is 15.0 Å². The zero-order chi connectivity index (χ0) is 13.0. The first-order valence-corrected chi connectivity index (χ1v) is 6.80. The number of hydrogen-bond donors (Lipinski definition) is 2. The number of aromatic amines is 1. The third kappa shape index (κ3) is 3.40. The van der Waals surface area contributed by atoms with E-state index in [9.17, 15) is 4.79 Å². The van der Waals surface area contributed by atoms with Gasteiger partial charge in [-0.05, 0) is 6.92 Å². The number of nitrogens with one attached hydrogen (secondary N) is 2. The van der Waals surface area contributed by atoms with Crippen LogP contribution in [0.25, 0.3) is 0 Å². The van der Waals surface area contributed by atoms with Crippen molar-refractivity contribution in [3.8, 4) is 0 Å². The SMILES string of the molecule is CCc1nc(NCCc2nc(C)cs2)cc(=O)[nH]1. The van der Waals surface area contributed by atoms with Gasteiger partial charge in [-0.3, -0.25) is 4.79 Å². The number of nitrogens with zero attached hydrogens (tertiary/aromatic N) is 2. The third-order valence-corrected chi connectivity index (χ3v) is 3.46. The van der Waals surface area contributed by atoms with Crippen LogP contribution in [0.1, 0.15) is 23.4 Å². The van der Waals surface area contributed by atoms with Crippen LogP contribution in [0.4, 0.5) is 5.82 Å². The molecule has 0 spiro atoms. The monoisotopic (exact) mass is 264 g/mol. The van der Waals surface area contributed by atoms with E-state index in [-0.39, 0.29) is 5.56 Å². The van der Waals surface area contributed by atoms with Crippen molar-refractivity contribution in [2.75, 3.05) is 11.9 Å². The summed E-state index contributed by atoms with van der Waals surface area (Å²) in [6.07, 6.45) is 1.56. The Hall–Kier alpha value is -1.69. The molecular formula is C12H16N4OS. The van der Waals surface area contributed by atoms with Crippen LogP contribution in [-0.4, -0.2) is 21.5 Å². The van der Waals surface area contributed by atoms with E-state index in [1.807, 2.05) is 19.2 Å². The maximum absolute atomic E-state index is 11.4. The first-order valence-electron chi connectivity index (χ1n) is 5.92. The molecule has 0 saturated carbocycles. The van der Waals surface area contributed by atoms with E-state index >= 15 is 0 Å². The molecule has 96 valence electrons. The average molecular weight is 264 g/mol. The van der Waals surface area contributed by atoms with Crippen LogP contribution < -0.4 is 10.9 Å². The quantitative estimate of drug-likeness (QED) is 0.863. The van der Waals surface area contributed by atoms with E-state index in [1.165, 1.54) is 6.07 Å². The molecule has 2 aromatic heterocycles. The van der Waals surface area contributed by atoms with Crippen molar-refractivity contribution in [3.05, 3.63) is 38.3 Å². The Balaban J connectivity index is 1.94. The van der Waals surface area contributed by atoms with E-state index in [1.54, 1.807) is 11.3 Å². The highest BCUT2D eigenvalue weighted by atomic mass is 32.1. The minimum absolute atomic E-state index is 0.116. The van der Waals surface area contributed by atoms with Crippen LogP contribution in [0.3, 0.4) is 0 Å². The van der Waals surface area contributed by atoms with Gasteiger partial charge in [0.1, 0.15) is 11.6 Å². The second-order valence-electron chi connectivity index (χ2n) is 3.99. The second-order valence-corrected chi connectivity index (χ2v) is 4.93. The molecule has 0 aliphatic carbocycles. The number of aryl methyl sites for hydroxylation is 2. The third-order valence-electron chi connectivity index (χ3n) is 2.44. The summed E-state index contributed by atoms with van der Waals surface area (Å²) in [6, 6.07) is 1.48. The highest BCUT2D eigenvalue weighted by molar-refractivity contribution is 7.09. The standard InChI is InChI=1S/C12H16N4OS/c1-3-9-15-10(6-11(17)16-9)13-5-4-12-14-8(2)7-18-12/h6-7H,3-5H2,1-2H3,(H2,13,15,16,17). The molecule has 0 fully saturated rings. The number of anilines is 1. The van der Waals surface area contributed by atoms with Crippen LogP contribution in [-0.2, 0) is 12.8 Å². The van der Waals surface area contributed by atoms with Crippen LogP contribution in [0, 0.1) is 6.92 Å². The Kier molecular flexibility index (Phi) is 4.09. The normalized spacial score (nSPS) is 10.6. The highest BCUT2D eigenvalue weighted by Crippen LogP contribution is 2.09. The van der Waals surface area contributed by atoms with Gasteiger partial charge in [0.2, 0.25) is 0 Å². The fraction of sp³-hybridized carbons (Fsp3) is 0.417. The number of thiazole rings is 1. The van der Waals surface area contributed by atoms with E-state index in [0.29, 0.717) is 11.6 Å². The number of hydrogen-bond acceptors (Lipinski definition) is 5. The summed E-state index contributed by atoms with van der Waals surface area (Å²) in [6.45, 7) is 4.67. The lowest BCUT2D eigenvalue weighted by Crippen LogP contribution is -2.14. The Morgan fingerprint density at radius 2 is 2.28 bits per heavy atom. The lowest BCUT2D eigenvalue weighted by atomic mass is 10.4. The first kappa shape index (κ1) is 12.8. The molecule has 0 saturated heterocycles. The van der Waals surface area contributed by atoms with Crippen molar-refractivity contribution in [2.45, 2.75) is 26.7 Å². The minimum Gasteiger partial charge on any atom is -0.369 e. The predicted octanol–water partition coefficient (Wildman–Crippen LogP) is 1.75. The second kappa shape index (κ2) is 5.77. The molecule has 0 bridgehead atoms. The smallest absolute Gasteiger partial charge is 0.252 e. The Bertz CT molecular complexity index is 575. The van der Waals surface area contributed by atoms with E-state index in [2.05, 4.69) is 20.3 Å². The first-order chi connectivity index (χ1) is 8.67.